The van der Waals surface area contributed by atoms with E-state index in [9.17, 15) is 5.26 Å². The third-order valence-corrected chi connectivity index (χ3v) is 11.9. The van der Waals surface area contributed by atoms with Gasteiger partial charge in [0, 0.05) is 43.9 Å². The first-order valence-electron chi connectivity index (χ1n) is 20.5. The first-order valence-corrected chi connectivity index (χ1v) is 20.5. The van der Waals surface area contributed by atoms with Gasteiger partial charge in [-0.1, -0.05) is 127 Å². The van der Waals surface area contributed by atoms with Crippen molar-refractivity contribution in [1.29, 1.82) is 5.26 Å². The van der Waals surface area contributed by atoms with Gasteiger partial charge in [-0.15, -0.1) is 0 Å². The summed E-state index contributed by atoms with van der Waals surface area (Å²) in [5.74, 6) is 0.375. The molecule has 11 rings (SSSR count). The summed E-state index contributed by atoms with van der Waals surface area (Å²) < 4.78 is 4.41. The summed E-state index contributed by atoms with van der Waals surface area (Å²) in [6, 6.07) is 61.8. The molecule has 0 unspecified atom stereocenters. The van der Waals surface area contributed by atoms with E-state index in [0.717, 1.165) is 49.7 Å². The third-order valence-electron chi connectivity index (χ3n) is 11.9. The third kappa shape index (κ3) is 5.96. The molecule has 0 bridgehead atoms. The van der Waals surface area contributed by atoms with E-state index in [0.29, 0.717) is 62.2 Å². The average Bonchev–Trinajstić information content (AvgIpc) is 3.88. The molecule has 8 nitrogen and oxygen atoms in total. The summed E-state index contributed by atoms with van der Waals surface area (Å²) in [6.45, 7) is 24.0. The molecule has 3 heterocycles. The fourth-order valence-electron chi connectivity index (χ4n) is 8.96. The SMILES string of the molecule is [C-]#[N+]c1ccccc1-c1cc(-c2ccc(-c3cc([N+]#[C-])c(-n4c5ccccc5c5cc(-n6c7ccccc7c7ccccc76)ccc54)cc3C#N)cc2)nc(-c2ccccc2[N+]#[C-])n1. The van der Waals surface area contributed by atoms with Gasteiger partial charge in [0.15, 0.2) is 11.4 Å². The molecule has 8 heteroatoms. The highest BCUT2D eigenvalue weighted by molar-refractivity contribution is 6.12. The number of nitriles is 1. The molecule has 3 aromatic heterocycles. The highest BCUT2D eigenvalue weighted by atomic mass is 15.0. The van der Waals surface area contributed by atoms with E-state index in [-0.39, 0.29) is 0 Å². The van der Waals surface area contributed by atoms with E-state index < -0.39 is 0 Å². The zero-order chi connectivity index (χ0) is 43.3. The molecule has 0 atom stereocenters. The molecule has 294 valence electrons. The quantitative estimate of drug-likeness (QED) is 0.157. The fraction of sp³-hybridized carbons (Fsp3) is 0. The summed E-state index contributed by atoms with van der Waals surface area (Å²) >= 11 is 0. The Labute approximate surface area is 367 Å². The van der Waals surface area contributed by atoms with Gasteiger partial charge in [-0.25, -0.2) is 24.5 Å². The second kappa shape index (κ2) is 15.1. The van der Waals surface area contributed by atoms with Gasteiger partial charge < -0.3 is 9.13 Å². The van der Waals surface area contributed by atoms with Gasteiger partial charge in [-0.05, 0) is 65.7 Å². The number of rotatable bonds is 6. The topological polar surface area (TPSA) is 72.5 Å². The molecule has 0 saturated carbocycles. The van der Waals surface area contributed by atoms with Crippen molar-refractivity contribution in [2.75, 3.05) is 0 Å². The van der Waals surface area contributed by atoms with Crippen LogP contribution in [-0.4, -0.2) is 19.1 Å². The first kappa shape index (κ1) is 37.4. The molecule has 0 spiro atoms. The van der Waals surface area contributed by atoms with Crippen LogP contribution in [0, 0.1) is 31.0 Å². The van der Waals surface area contributed by atoms with Crippen molar-refractivity contribution < 1.29 is 0 Å². The van der Waals surface area contributed by atoms with Crippen LogP contribution in [0.15, 0.2) is 182 Å². The van der Waals surface area contributed by atoms with Crippen molar-refractivity contribution >= 4 is 60.7 Å². The van der Waals surface area contributed by atoms with Crippen molar-refractivity contribution in [1.82, 2.24) is 19.1 Å². The lowest BCUT2D eigenvalue weighted by molar-refractivity contribution is 1.17. The summed E-state index contributed by atoms with van der Waals surface area (Å²) in [7, 11) is 0. The molecular weight excluding hydrogens is 785 g/mol. The standard InChI is InChI=1S/C56H30N8/c1-58-46-19-9-4-17-42(46)49-33-48(61-56(62-49)43-18-5-10-20-47(43)59-2)36-26-24-35(25-27-36)44-32-50(60-3)55(30-37(44)34-57)64-53-23-13-8-16-41(53)45-31-38(28-29-54(45)64)63-51-21-11-6-14-39(51)40-15-7-12-22-52(40)63/h4-33H. The minimum atomic E-state index is 0.375. The Morgan fingerprint density at radius 2 is 0.938 bits per heavy atom. The Kier molecular flexibility index (Phi) is 8.85. The molecular formula is C56H30N8. The smallest absolute Gasteiger partial charge is 0.211 e. The van der Waals surface area contributed by atoms with Crippen LogP contribution >= 0.6 is 0 Å². The molecule has 0 aliphatic rings. The van der Waals surface area contributed by atoms with Gasteiger partial charge in [0.2, 0.25) is 5.69 Å². The monoisotopic (exact) mass is 814 g/mol. The maximum Gasteiger partial charge on any atom is 0.211 e. The lowest BCUT2D eigenvalue weighted by atomic mass is 9.96. The minimum absolute atomic E-state index is 0.375. The molecule has 8 aromatic carbocycles. The number of hydrogen-bond acceptors (Lipinski definition) is 3. The van der Waals surface area contributed by atoms with Gasteiger partial charge in [-0.3, -0.25) is 0 Å². The highest BCUT2D eigenvalue weighted by Crippen LogP contribution is 2.42. The number of fused-ring (bicyclic) bond motifs is 6. The molecule has 0 amide bonds. The number of nitrogens with zero attached hydrogens (tertiary/aromatic N) is 8. The Morgan fingerprint density at radius 3 is 1.58 bits per heavy atom. The van der Waals surface area contributed by atoms with E-state index in [1.807, 2.05) is 91.0 Å². The van der Waals surface area contributed by atoms with E-state index in [4.69, 9.17) is 29.7 Å². The van der Waals surface area contributed by atoms with Gasteiger partial charge in [0.1, 0.15) is 5.82 Å². The van der Waals surface area contributed by atoms with Crippen LogP contribution in [0.1, 0.15) is 5.56 Å². The summed E-state index contributed by atoms with van der Waals surface area (Å²) in [5, 5.41) is 15.2. The molecule has 0 N–H and O–H groups in total. The van der Waals surface area contributed by atoms with E-state index in [1.54, 1.807) is 12.1 Å². The molecule has 0 radical (unpaired) electrons. The number of benzene rings is 8. The predicted molar refractivity (Wildman–Crippen MR) is 256 cm³/mol. The van der Waals surface area contributed by atoms with Crippen LogP contribution in [-0.2, 0) is 0 Å². The molecule has 0 saturated heterocycles. The van der Waals surface area contributed by atoms with E-state index in [1.165, 1.54) is 10.8 Å². The molecule has 0 fully saturated rings. The minimum Gasteiger partial charge on any atom is -0.319 e. The van der Waals surface area contributed by atoms with Crippen LogP contribution in [0.5, 0.6) is 0 Å². The Hall–Kier alpha value is -9.60. The van der Waals surface area contributed by atoms with Crippen molar-refractivity contribution in [3.8, 4) is 62.5 Å². The van der Waals surface area contributed by atoms with Gasteiger partial charge in [0.05, 0.1) is 70.5 Å². The highest BCUT2D eigenvalue weighted by Gasteiger charge is 2.21. The van der Waals surface area contributed by atoms with Crippen LogP contribution in [0.3, 0.4) is 0 Å². The maximum absolute atomic E-state index is 10.7. The molecule has 11 aromatic rings. The lowest BCUT2D eigenvalue weighted by Crippen LogP contribution is -1.98. The van der Waals surface area contributed by atoms with Crippen LogP contribution < -0.4 is 0 Å². The first-order chi connectivity index (χ1) is 31.6. The predicted octanol–water partition coefficient (Wildman–Crippen LogP) is 14.9. The van der Waals surface area contributed by atoms with Crippen LogP contribution in [0.4, 0.5) is 17.1 Å². The zero-order valence-electron chi connectivity index (χ0n) is 33.9. The average molecular weight is 815 g/mol. The summed E-state index contributed by atoms with van der Waals surface area (Å²) in [6.07, 6.45) is 0. The second-order valence-corrected chi connectivity index (χ2v) is 15.3. The number of aromatic nitrogens is 4. The fourth-order valence-corrected chi connectivity index (χ4v) is 8.96. The van der Waals surface area contributed by atoms with Crippen molar-refractivity contribution in [3.63, 3.8) is 0 Å². The van der Waals surface area contributed by atoms with Gasteiger partial charge in [-0.2, -0.15) is 5.26 Å². The molecule has 64 heavy (non-hydrogen) atoms. The van der Waals surface area contributed by atoms with Crippen molar-refractivity contribution in [2.24, 2.45) is 0 Å². The van der Waals surface area contributed by atoms with Gasteiger partial charge >= 0.3 is 0 Å². The Bertz CT molecular complexity index is 3770. The largest absolute Gasteiger partial charge is 0.319 e. The second-order valence-electron chi connectivity index (χ2n) is 15.3. The summed E-state index contributed by atoms with van der Waals surface area (Å²) in [5.41, 5.74) is 12.1. The zero-order valence-corrected chi connectivity index (χ0v) is 33.9. The Morgan fingerprint density at radius 1 is 0.422 bits per heavy atom. The maximum atomic E-state index is 10.7. The summed E-state index contributed by atoms with van der Waals surface area (Å²) in [4.78, 5) is 21.3. The van der Waals surface area contributed by atoms with Crippen molar-refractivity contribution in [2.45, 2.75) is 0 Å². The normalized spacial score (nSPS) is 11.1. The number of hydrogen-bond donors (Lipinski definition) is 0. The van der Waals surface area contributed by atoms with Gasteiger partial charge in [0.25, 0.3) is 0 Å². The molecule has 0 aliphatic carbocycles. The van der Waals surface area contributed by atoms with Crippen LogP contribution in [0.25, 0.3) is 115 Å². The van der Waals surface area contributed by atoms with E-state index >= 15 is 0 Å². The number of para-hydroxylation sites is 5. The lowest BCUT2D eigenvalue weighted by Gasteiger charge is -2.15. The van der Waals surface area contributed by atoms with Crippen molar-refractivity contribution in [3.05, 3.63) is 222 Å². The Balaban J connectivity index is 1.02. The van der Waals surface area contributed by atoms with Crippen LogP contribution in [0.2, 0.25) is 0 Å². The molecule has 0 aliphatic heterocycles. The van der Waals surface area contributed by atoms with E-state index in [2.05, 4.69) is 109 Å².